The summed E-state index contributed by atoms with van der Waals surface area (Å²) in [5, 5.41) is 4.15. The Bertz CT molecular complexity index is 1030. The molecule has 150 valence electrons. The van der Waals surface area contributed by atoms with Crippen LogP contribution in [0.5, 0.6) is 0 Å². The average Bonchev–Trinajstić information content (AvgIpc) is 2.97. The minimum absolute atomic E-state index is 0.0829. The number of carbonyl (C=O) groups is 1. The number of nitrogens with zero attached hydrogens (tertiary/aromatic N) is 2. The second kappa shape index (κ2) is 9.94. The number of carbonyl (C=O) groups excluding carboxylic acids is 1. The SMILES string of the molecule is Cc1ccc(SCCC(=O)N/N=C\c2cc(C)n(-c3ccccc3Br)c2C)cc1. The molecule has 0 aliphatic rings. The molecule has 1 heterocycles. The van der Waals surface area contributed by atoms with Crippen molar-refractivity contribution in [2.24, 2.45) is 5.10 Å². The van der Waals surface area contributed by atoms with Crippen molar-refractivity contribution in [1.29, 1.82) is 0 Å². The summed E-state index contributed by atoms with van der Waals surface area (Å²) in [5.41, 5.74) is 8.11. The smallest absolute Gasteiger partial charge is 0.240 e. The van der Waals surface area contributed by atoms with Gasteiger partial charge in [0.15, 0.2) is 0 Å². The highest BCUT2D eigenvalue weighted by atomic mass is 79.9. The van der Waals surface area contributed by atoms with Crippen LogP contribution >= 0.6 is 27.7 Å². The molecule has 3 rings (SSSR count). The molecule has 2 aromatic carbocycles. The molecule has 1 amide bonds. The Morgan fingerprint density at radius 3 is 2.59 bits per heavy atom. The molecule has 6 heteroatoms. The standard InChI is InChI=1S/C23H24BrN3OS/c1-16-8-10-20(11-9-16)29-13-12-23(28)26-25-15-19-14-17(2)27(18(19)3)22-7-5-4-6-21(22)24/h4-11,14-15H,12-13H2,1-3H3,(H,26,28)/b25-15-. The summed E-state index contributed by atoms with van der Waals surface area (Å²) >= 11 is 5.29. The number of aromatic nitrogens is 1. The highest BCUT2D eigenvalue weighted by Gasteiger charge is 2.11. The van der Waals surface area contributed by atoms with Crippen molar-refractivity contribution in [3.05, 3.63) is 81.6 Å². The zero-order valence-electron chi connectivity index (χ0n) is 16.8. The highest BCUT2D eigenvalue weighted by molar-refractivity contribution is 9.10. The van der Waals surface area contributed by atoms with Gasteiger partial charge in [-0.3, -0.25) is 4.79 Å². The van der Waals surface area contributed by atoms with E-state index in [0.29, 0.717) is 6.42 Å². The first-order valence-electron chi connectivity index (χ1n) is 9.41. The molecule has 0 spiro atoms. The fraction of sp³-hybridized carbons (Fsp3) is 0.217. The first-order valence-corrected chi connectivity index (χ1v) is 11.2. The molecule has 0 fully saturated rings. The zero-order valence-corrected chi connectivity index (χ0v) is 19.2. The average molecular weight is 470 g/mol. The highest BCUT2D eigenvalue weighted by Crippen LogP contribution is 2.26. The number of hydrogen-bond donors (Lipinski definition) is 1. The van der Waals surface area contributed by atoms with E-state index in [9.17, 15) is 4.79 Å². The number of aryl methyl sites for hydroxylation is 2. The molecule has 0 saturated heterocycles. The number of amides is 1. The van der Waals surface area contributed by atoms with Crippen LogP contribution in [0.3, 0.4) is 0 Å². The Hall–Kier alpha value is -2.31. The van der Waals surface area contributed by atoms with Gasteiger partial charge in [-0.2, -0.15) is 5.10 Å². The van der Waals surface area contributed by atoms with Gasteiger partial charge in [-0.15, -0.1) is 11.8 Å². The van der Waals surface area contributed by atoms with Gasteiger partial charge in [-0.1, -0.05) is 29.8 Å². The molecular weight excluding hydrogens is 446 g/mol. The molecule has 0 saturated carbocycles. The summed E-state index contributed by atoms with van der Waals surface area (Å²) < 4.78 is 3.20. The maximum Gasteiger partial charge on any atom is 0.240 e. The number of nitrogens with one attached hydrogen (secondary N) is 1. The van der Waals surface area contributed by atoms with E-state index in [1.807, 2.05) is 25.1 Å². The predicted molar refractivity (Wildman–Crippen MR) is 125 cm³/mol. The molecule has 0 atom stereocenters. The topological polar surface area (TPSA) is 46.4 Å². The summed E-state index contributed by atoms with van der Waals surface area (Å²) in [4.78, 5) is 13.2. The number of rotatable bonds is 7. The van der Waals surface area contributed by atoms with E-state index in [1.54, 1.807) is 18.0 Å². The first-order chi connectivity index (χ1) is 14.0. The van der Waals surface area contributed by atoms with Crippen molar-refractivity contribution in [2.45, 2.75) is 32.1 Å². The van der Waals surface area contributed by atoms with Gasteiger partial charge in [-0.05, 0) is 67.0 Å². The molecular formula is C23H24BrN3OS. The van der Waals surface area contributed by atoms with Crippen LogP contribution in [0.4, 0.5) is 0 Å². The van der Waals surface area contributed by atoms with Crippen LogP contribution in [-0.2, 0) is 4.79 Å². The first kappa shape index (κ1) is 21.4. The van der Waals surface area contributed by atoms with Crippen molar-refractivity contribution in [1.82, 2.24) is 9.99 Å². The van der Waals surface area contributed by atoms with Gasteiger partial charge >= 0.3 is 0 Å². The summed E-state index contributed by atoms with van der Waals surface area (Å²) in [6.45, 7) is 6.18. The van der Waals surface area contributed by atoms with E-state index >= 15 is 0 Å². The van der Waals surface area contributed by atoms with Crippen LogP contribution in [0.1, 0.15) is 28.9 Å². The molecule has 4 nitrogen and oxygen atoms in total. The van der Waals surface area contributed by atoms with Gasteiger partial charge in [0.05, 0.1) is 11.9 Å². The fourth-order valence-electron chi connectivity index (χ4n) is 3.05. The van der Waals surface area contributed by atoms with Crippen LogP contribution in [0, 0.1) is 20.8 Å². The van der Waals surface area contributed by atoms with Crippen LogP contribution in [0.25, 0.3) is 5.69 Å². The third kappa shape index (κ3) is 5.61. The van der Waals surface area contributed by atoms with Gasteiger partial charge in [0.1, 0.15) is 0 Å². The normalized spacial score (nSPS) is 11.2. The van der Waals surface area contributed by atoms with Crippen molar-refractivity contribution >= 4 is 39.8 Å². The van der Waals surface area contributed by atoms with Gasteiger partial charge in [-0.25, -0.2) is 5.43 Å². The Morgan fingerprint density at radius 1 is 1.14 bits per heavy atom. The molecule has 3 aromatic rings. The Morgan fingerprint density at radius 2 is 1.86 bits per heavy atom. The third-order valence-electron chi connectivity index (χ3n) is 4.58. The summed E-state index contributed by atoms with van der Waals surface area (Å²) in [6.07, 6.45) is 2.13. The van der Waals surface area contributed by atoms with Gasteiger partial charge < -0.3 is 4.57 Å². The number of benzene rings is 2. The van der Waals surface area contributed by atoms with Crippen LogP contribution in [0.2, 0.25) is 0 Å². The minimum Gasteiger partial charge on any atom is -0.317 e. The van der Waals surface area contributed by atoms with Crippen LogP contribution in [0.15, 0.2) is 69.1 Å². The maximum atomic E-state index is 12.1. The lowest BCUT2D eigenvalue weighted by molar-refractivity contribution is -0.120. The largest absolute Gasteiger partial charge is 0.317 e. The molecule has 29 heavy (non-hydrogen) atoms. The van der Waals surface area contributed by atoms with E-state index in [0.717, 1.165) is 32.9 Å². The van der Waals surface area contributed by atoms with Gasteiger partial charge in [0.25, 0.3) is 0 Å². The van der Waals surface area contributed by atoms with E-state index in [2.05, 4.69) is 81.3 Å². The van der Waals surface area contributed by atoms with E-state index in [1.165, 1.54) is 10.5 Å². The maximum absolute atomic E-state index is 12.1. The number of hydrogen-bond acceptors (Lipinski definition) is 3. The van der Waals surface area contributed by atoms with Crippen LogP contribution in [-0.4, -0.2) is 22.4 Å². The van der Waals surface area contributed by atoms with Crippen molar-refractivity contribution in [3.8, 4) is 5.69 Å². The molecule has 0 aliphatic heterocycles. The van der Waals surface area contributed by atoms with Crippen molar-refractivity contribution < 1.29 is 4.79 Å². The van der Waals surface area contributed by atoms with Gasteiger partial charge in [0, 0.05) is 38.5 Å². The molecule has 1 N–H and O–H groups in total. The third-order valence-corrected chi connectivity index (χ3v) is 6.26. The van der Waals surface area contributed by atoms with E-state index in [4.69, 9.17) is 0 Å². The molecule has 0 aliphatic carbocycles. The van der Waals surface area contributed by atoms with Crippen molar-refractivity contribution in [3.63, 3.8) is 0 Å². The fourth-order valence-corrected chi connectivity index (χ4v) is 4.36. The van der Waals surface area contributed by atoms with Gasteiger partial charge in [0.2, 0.25) is 5.91 Å². The number of hydrazone groups is 1. The lowest BCUT2D eigenvalue weighted by Crippen LogP contribution is -2.17. The molecule has 0 radical (unpaired) electrons. The Kier molecular flexibility index (Phi) is 7.34. The minimum atomic E-state index is -0.0829. The monoisotopic (exact) mass is 469 g/mol. The zero-order chi connectivity index (χ0) is 20.8. The Balaban J connectivity index is 1.56. The summed E-state index contributed by atoms with van der Waals surface area (Å²) in [7, 11) is 0. The summed E-state index contributed by atoms with van der Waals surface area (Å²) in [5.74, 6) is 0.640. The molecule has 1 aromatic heterocycles. The number of para-hydroxylation sites is 1. The predicted octanol–water partition coefficient (Wildman–Crippen LogP) is 5.80. The van der Waals surface area contributed by atoms with Crippen LogP contribution < -0.4 is 5.43 Å². The van der Waals surface area contributed by atoms with E-state index < -0.39 is 0 Å². The van der Waals surface area contributed by atoms with E-state index in [-0.39, 0.29) is 5.91 Å². The second-order valence-electron chi connectivity index (χ2n) is 6.82. The Labute approximate surface area is 184 Å². The quantitative estimate of drug-likeness (QED) is 0.270. The lowest BCUT2D eigenvalue weighted by Gasteiger charge is -2.11. The second-order valence-corrected chi connectivity index (χ2v) is 8.84. The number of thioether (sulfide) groups is 1. The van der Waals surface area contributed by atoms with Crippen molar-refractivity contribution in [2.75, 3.05) is 5.75 Å². The number of halogens is 1. The molecule has 0 bridgehead atoms. The summed E-state index contributed by atoms with van der Waals surface area (Å²) in [6, 6.07) is 18.5. The molecule has 0 unspecified atom stereocenters. The lowest BCUT2D eigenvalue weighted by atomic mass is 10.2.